The molecule has 0 aliphatic rings. The van der Waals surface area contributed by atoms with Gasteiger partial charge in [-0.25, -0.2) is 9.18 Å². The normalized spacial score (nSPS) is 10.1. The molecule has 0 spiro atoms. The Labute approximate surface area is 125 Å². The van der Waals surface area contributed by atoms with Gasteiger partial charge in [-0.2, -0.15) is 0 Å². The van der Waals surface area contributed by atoms with Crippen LogP contribution in [0.2, 0.25) is 0 Å². The number of hydrogen-bond donors (Lipinski definition) is 2. The smallest absolute Gasteiger partial charge is 0.319 e. The van der Waals surface area contributed by atoms with Crippen molar-refractivity contribution in [3.63, 3.8) is 0 Å². The average Bonchev–Trinajstić information content (AvgIpc) is 2.43. The molecule has 0 saturated heterocycles. The second-order valence-corrected chi connectivity index (χ2v) is 5.10. The molecule has 2 aromatic rings. The zero-order chi connectivity index (χ0) is 14.4. The van der Waals surface area contributed by atoms with Crippen LogP contribution in [0.4, 0.5) is 14.9 Å². The van der Waals surface area contributed by atoms with Gasteiger partial charge in [0.05, 0.1) is 5.69 Å². The molecule has 0 aliphatic heterocycles. The van der Waals surface area contributed by atoms with Crippen molar-refractivity contribution in [3.05, 3.63) is 64.4 Å². The second-order valence-electron chi connectivity index (χ2n) is 4.24. The predicted octanol–water partition coefficient (Wildman–Crippen LogP) is 3.95. The number of halogens is 2. The summed E-state index contributed by atoms with van der Waals surface area (Å²) in [6.07, 6.45) is 0.763. The molecule has 0 radical (unpaired) electrons. The maximum atomic E-state index is 12.9. The molecule has 0 heterocycles. The Kier molecular flexibility index (Phi) is 5.12. The third kappa shape index (κ3) is 4.35. The fourth-order valence-corrected chi connectivity index (χ4v) is 2.17. The lowest BCUT2D eigenvalue weighted by Gasteiger charge is -2.09. The summed E-state index contributed by atoms with van der Waals surface area (Å²) >= 11 is 3.20. The van der Waals surface area contributed by atoms with Gasteiger partial charge in [0.15, 0.2) is 0 Å². The summed E-state index contributed by atoms with van der Waals surface area (Å²) in [4.78, 5) is 11.7. The molecule has 104 valence electrons. The van der Waals surface area contributed by atoms with Crippen LogP contribution < -0.4 is 10.6 Å². The average molecular weight is 337 g/mol. The second kappa shape index (κ2) is 7.05. The van der Waals surface area contributed by atoms with Crippen LogP contribution in [0.25, 0.3) is 0 Å². The molecule has 0 fully saturated rings. The van der Waals surface area contributed by atoms with Crippen LogP contribution in [0.1, 0.15) is 5.56 Å². The molecular formula is C15H14BrFN2O. The summed E-state index contributed by atoms with van der Waals surface area (Å²) in [5.74, 6) is -0.355. The van der Waals surface area contributed by atoms with E-state index in [9.17, 15) is 9.18 Å². The third-order valence-corrected chi connectivity index (χ3v) is 3.38. The van der Waals surface area contributed by atoms with Crippen molar-refractivity contribution >= 4 is 27.6 Å². The van der Waals surface area contributed by atoms with E-state index in [4.69, 9.17) is 0 Å². The molecule has 3 nitrogen and oxygen atoms in total. The molecule has 0 saturated carbocycles. The van der Waals surface area contributed by atoms with Crippen molar-refractivity contribution in [2.24, 2.45) is 0 Å². The minimum absolute atomic E-state index is 0.312. The Morgan fingerprint density at radius 2 is 1.90 bits per heavy atom. The van der Waals surface area contributed by atoms with Gasteiger partial charge >= 0.3 is 6.03 Å². The summed E-state index contributed by atoms with van der Waals surface area (Å²) in [6.45, 7) is 0.536. The van der Waals surface area contributed by atoms with Gasteiger partial charge in [-0.3, -0.25) is 0 Å². The van der Waals surface area contributed by atoms with Gasteiger partial charge in [0, 0.05) is 11.0 Å². The SMILES string of the molecule is O=C(NCCc1ccccc1)Nc1ccc(F)cc1Br. The maximum Gasteiger partial charge on any atom is 0.319 e. The van der Waals surface area contributed by atoms with Crippen LogP contribution in [0.3, 0.4) is 0 Å². The first-order chi connectivity index (χ1) is 9.65. The maximum absolute atomic E-state index is 12.9. The molecule has 0 aromatic heterocycles. The molecule has 2 amide bonds. The number of nitrogens with one attached hydrogen (secondary N) is 2. The number of benzene rings is 2. The standard InChI is InChI=1S/C15H14BrFN2O/c16-13-10-12(17)6-7-14(13)19-15(20)18-9-8-11-4-2-1-3-5-11/h1-7,10H,8-9H2,(H2,18,19,20). The zero-order valence-corrected chi connectivity index (χ0v) is 12.3. The highest BCUT2D eigenvalue weighted by Gasteiger charge is 2.05. The van der Waals surface area contributed by atoms with Crippen molar-refractivity contribution in [2.45, 2.75) is 6.42 Å². The Balaban J connectivity index is 1.81. The number of urea groups is 1. The summed E-state index contributed by atoms with van der Waals surface area (Å²) in [5.41, 5.74) is 1.69. The third-order valence-electron chi connectivity index (χ3n) is 2.72. The van der Waals surface area contributed by atoms with Gasteiger partial charge in [-0.05, 0) is 46.1 Å². The van der Waals surface area contributed by atoms with Gasteiger partial charge in [-0.1, -0.05) is 30.3 Å². The fraction of sp³-hybridized carbons (Fsp3) is 0.133. The Morgan fingerprint density at radius 3 is 2.60 bits per heavy atom. The van der Waals surface area contributed by atoms with Crippen LogP contribution in [0.5, 0.6) is 0 Å². The lowest BCUT2D eigenvalue weighted by atomic mass is 10.1. The van der Waals surface area contributed by atoms with Crippen LogP contribution in [0, 0.1) is 5.82 Å². The molecule has 20 heavy (non-hydrogen) atoms. The van der Waals surface area contributed by atoms with Gasteiger partial charge in [0.25, 0.3) is 0 Å². The Hall–Kier alpha value is -1.88. The minimum atomic E-state index is -0.355. The summed E-state index contributed by atoms with van der Waals surface area (Å²) in [5, 5.41) is 5.42. The first kappa shape index (κ1) is 14.5. The summed E-state index contributed by atoms with van der Waals surface area (Å²) < 4.78 is 13.4. The fourth-order valence-electron chi connectivity index (χ4n) is 1.72. The molecule has 0 atom stereocenters. The van der Waals surface area contributed by atoms with Crippen LogP contribution in [-0.2, 0) is 6.42 Å². The number of rotatable bonds is 4. The van der Waals surface area contributed by atoms with E-state index < -0.39 is 0 Å². The quantitative estimate of drug-likeness (QED) is 0.871. The van der Waals surface area contributed by atoms with Crippen LogP contribution >= 0.6 is 15.9 Å². The predicted molar refractivity (Wildman–Crippen MR) is 81.3 cm³/mol. The molecule has 5 heteroatoms. The van der Waals surface area contributed by atoms with Crippen molar-refractivity contribution in [3.8, 4) is 0 Å². The van der Waals surface area contributed by atoms with Crippen molar-refractivity contribution in [1.82, 2.24) is 5.32 Å². The first-order valence-corrected chi connectivity index (χ1v) is 6.98. The van der Waals surface area contributed by atoms with Crippen molar-refractivity contribution in [1.29, 1.82) is 0 Å². The number of amides is 2. The molecule has 2 rings (SSSR count). The van der Waals surface area contributed by atoms with Crippen LogP contribution in [0.15, 0.2) is 53.0 Å². The monoisotopic (exact) mass is 336 g/mol. The molecule has 0 aliphatic carbocycles. The molecule has 2 aromatic carbocycles. The zero-order valence-electron chi connectivity index (χ0n) is 10.7. The van der Waals surface area contributed by atoms with E-state index in [1.807, 2.05) is 30.3 Å². The Morgan fingerprint density at radius 1 is 1.15 bits per heavy atom. The minimum Gasteiger partial charge on any atom is -0.338 e. The lowest BCUT2D eigenvalue weighted by Crippen LogP contribution is -2.30. The van der Waals surface area contributed by atoms with E-state index in [1.54, 1.807) is 0 Å². The number of carbonyl (C=O) groups excluding carboxylic acids is 1. The van der Waals surface area contributed by atoms with Gasteiger partial charge in [0.1, 0.15) is 5.82 Å². The number of hydrogen-bond acceptors (Lipinski definition) is 1. The lowest BCUT2D eigenvalue weighted by molar-refractivity contribution is 0.252. The first-order valence-electron chi connectivity index (χ1n) is 6.19. The highest BCUT2D eigenvalue weighted by Crippen LogP contribution is 2.22. The van der Waals surface area contributed by atoms with E-state index in [0.717, 1.165) is 12.0 Å². The Bertz CT molecular complexity index is 590. The van der Waals surface area contributed by atoms with Gasteiger partial charge in [0.2, 0.25) is 0 Å². The largest absolute Gasteiger partial charge is 0.338 e. The van der Waals surface area contributed by atoms with Crippen molar-refractivity contribution < 1.29 is 9.18 Å². The van der Waals surface area contributed by atoms with Crippen molar-refractivity contribution in [2.75, 3.05) is 11.9 Å². The number of carbonyl (C=O) groups is 1. The van der Waals surface area contributed by atoms with E-state index in [0.29, 0.717) is 16.7 Å². The van der Waals surface area contributed by atoms with Gasteiger partial charge in [-0.15, -0.1) is 0 Å². The van der Waals surface area contributed by atoms with Gasteiger partial charge < -0.3 is 10.6 Å². The molecule has 0 unspecified atom stereocenters. The van der Waals surface area contributed by atoms with E-state index in [2.05, 4.69) is 26.6 Å². The summed E-state index contributed by atoms with van der Waals surface area (Å²) in [6, 6.07) is 13.7. The molecule has 0 bridgehead atoms. The highest BCUT2D eigenvalue weighted by atomic mass is 79.9. The molecule has 2 N–H and O–H groups in total. The van der Waals surface area contributed by atoms with Crippen LogP contribution in [-0.4, -0.2) is 12.6 Å². The summed E-state index contributed by atoms with van der Waals surface area (Å²) in [7, 11) is 0. The highest BCUT2D eigenvalue weighted by molar-refractivity contribution is 9.10. The van der Waals surface area contributed by atoms with E-state index in [-0.39, 0.29) is 11.8 Å². The van der Waals surface area contributed by atoms with E-state index in [1.165, 1.54) is 18.2 Å². The number of anilines is 1. The molecular weight excluding hydrogens is 323 g/mol. The van der Waals surface area contributed by atoms with E-state index >= 15 is 0 Å². The topological polar surface area (TPSA) is 41.1 Å².